The van der Waals surface area contributed by atoms with Crippen molar-refractivity contribution in [2.24, 2.45) is 5.92 Å². The molecule has 0 spiro atoms. The molecule has 4 heteroatoms. The third kappa shape index (κ3) is 2.19. The first-order valence-corrected chi connectivity index (χ1v) is 7.67. The Morgan fingerprint density at radius 1 is 1.39 bits per heavy atom. The fraction of sp³-hybridized carbons (Fsp3) is 0.643. The molecule has 3 nitrogen and oxygen atoms in total. The molecule has 0 amide bonds. The van der Waals surface area contributed by atoms with Gasteiger partial charge in [0, 0.05) is 12.6 Å². The summed E-state index contributed by atoms with van der Waals surface area (Å²) in [7, 11) is 0. The van der Waals surface area contributed by atoms with E-state index in [9.17, 15) is 4.79 Å². The lowest BCUT2D eigenvalue weighted by Gasteiger charge is -2.37. The van der Waals surface area contributed by atoms with Crippen LogP contribution in [0.15, 0.2) is 11.4 Å². The number of fused-ring (bicyclic) bond motifs is 1. The number of piperidine rings is 1. The fourth-order valence-corrected chi connectivity index (χ4v) is 4.37. The Kier molecular flexibility index (Phi) is 3.39. The SMILES string of the molecule is O=C(O)c1sccc1CN1CCCC2CCCC21. The lowest BCUT2D eigenvalue weighted by atomic mass is 9.91. The smallest absolute Gasteiger partial charge is 0.346 e. The van der Waals surface area contributed by atoms with Gasteiger partial charge in [0.15, 0.2) is 0 Å². The van der Waals surface area contributed by atoms with E-state index in [4.69, 9.17) is 5.11 Å². The Hall–Kier alpha value is -0.870. The normalized spacial score (nSPS) is 28.2. The molecule has 1 N–H and O–H groups in total. The van der Waals surface area contributed by atoms with Crippen LogP contribution >= 0.6 is 11.3 Å². The molecule has 1 saturated carbocycles. The number of carboxylic acid groups (broad SMARTS) is 1. The molecule has 0 aromatic carbocycles. The molecule has 1 aliphatic carbocycles. The molecule has 3 rings (SSSR count). The quantitative estimate of drug-likeness (QED) is 0.912. The number of rotatable bonds is 3. The summed E-state index contributed by atoms with van der Waals surface area (Å²) in [5, 5.41) is 11.1. The first kappa shape index (κ1) is 12.2. The zero-order chi connectivity index (χ0) is 12.5. The van der Waals surface area contributed by atoms with E-state index in [1.54, 1.807) is 0 Å². The number of hydrogen-bond acceptors (Lipinski definition) is 3. The van der Waals surface area contributed by atoms with Gasteiger partial charge in [0.1, 0.15) is 4.88 Å². The topological polar surface area (TPSA) is 40.5 Å². The Bertz CT molecular complexity index is 443. The molecule has 2 aliphatic rings. The monoisotopic (exact) mass is 265 g/mol. The molecular weight excluding hydrogens is 246 g/mol. The van der Waals surface area contributed by atoms with Crippen LogP contribution in [0, 0.1) is 5.92 Å². The van der Waals surface area contributed by atoms with E-state index in [-0.39, 0.29) is 0 Å². The third-order valence-electron chi connectivity index (χ3n) is 4.42. The van der Waals surface area contributed by atoms with Gasteiger partial charge in [-0.2, -0.15) is 0 Å². The number of carbonyl (C=O) groups is 1. The van der Waals surface area contributed by atoms with Crippen molar-refractivity contribution in [2.75, 3.05) is 6.54 Å². The zero-order valence-electron chi connectivity index (χ0n) is 10.5. The standard InChI is InChI=1S/C14H19NO2S/c16-14(17)13-11(6-8-18-13)9-15-7-2-4-10-3-1-5-12(10)15/h6,8,10,12H,1-5,7,9H2,(H,16,17). The Morgan fingerprint density at radius 3 is 3.06 bits per heavy atom. The predicted octanol–water partition coefficient (Wildman–Crippen LogP) is 3.21. The largest absolute Gasteiger partial charge is 0.477 e. The highest BCUT2D eigenvalue weighted by atomic mass is 32.1. The average Bonchev–Trinajstić information content (AvgIpc) is 2.96. The van der Waals surface area contributed by atoms with Gasteiger partial charge in [0.05, 0.1) is 0 Å². The van der Waals surface area contributed by atoms with Gasteiger partial charge in [-0.1, -0.05) is 6.42 Å². The Labute approximate surface area is 111 Å². The van der Waals surface area contributed by atoms with Gasteiger partial charge in [0.25, 0.3) is 0 Å². The van der Waals surface area contributed by atoms with Gasteiger partial charge in [-0.15, -0.1) is 11.3 Å². The minimum atomic E-state index is -0.778. The van der Waals surface area contributed by atoms with Crippen LogP contribution in [0.2, 0.25) is 0 Å². The van der Waals surface area contributed by atoms with Crippen molar-refractivity contribution >= 4 is 17.3 Å². The van der Waals surface area contributed by atoms with Gasteiger partial charge in [-0.05, 0) is 55.2 Å². The van der Waals surface area contributed by atoms with Gasteiger partial charge >= 0.3 is 5.97 Å². The summed E-state index contributed by atoms with van der Waals surface area (Å²) < 4.78 is 0. The molecule has 2 fully saturated rings. The molecule has 98 valence electrons. The number of thiophene rings is 1. The van der Waals surface area contributed by atoms with Crippen molar-refractivity contribution in [2.45, 2.75) is 44.7 Å². The van der Waals surface area contributed by atoms with Gasteiger partial charge in [0.2, 0.25) is 0 Å². The first-order chi connectivity index (χ1) is 8.75. The van der Waals surface area contributed by atoms with Crippen LogP contribution in [0.25, 0.3) is 0 Å². The van der Waals surface area contributed by atoms with Gasteiger partial charge in [-0.3, -0.25) is 4.90 Å². The maximum Gasteiger partial charge on any atom is 0.346 e. The highest BCUT2D eigenvalue weighted by Gasteiger charge is 2.35. The van der Waals surface area contributed by atoms with Crippen molar-refractivity contribution in [3.63, 3.8) is 0 Å². The maximum absolute atomic E-state index is 11.1. The second kappa shape index (κ2) is 5.02. The summed E-state index contributed by atoms with van der Waals surface area (Å²) in [4.78, 5) is 14.2. The summed E-state index contributed by atoms with van der Waals surface area (Å²) in [6.07, 6.45) is 6.67. The fourth-order valence-electron chi connectivity index (χ4n) is 3.62. The molecule has 1 aliphatic heterocycles. The minimum absolute atomic E-state index is 0.523. The van der Waals surface area contributed by atoms with Crippen molar-refractivity contribution in [1.29, 1.82) is 0 Å². The van der Waals surface area contributed by atoms with Crippen LogP contribution < -0.4 is 0 Å². The number of likely N-dealkylation sites (tertiary alicyclic amines) is 1. The van der Waals surface area contributed by atoms with E-state index >= 15 is 0 Å². The second-order valence-corrected chi connectivity index (χ2v) is 6.37. The molecule has 2 atom stereocenters. The summed E-state index contributed by atoms with van der Waals surface area (Å²) in [6.45, 7) is 1.96. The Balaban J connectivity index is 1.75. The molecule has 0 radical (unpaired) electrons. The zero-order valence-corrected chi connectivity index (χ0v) is 11.3. The molecule has 2 heterocycles. The highest BCUT2D eigenvalue weighted by Crippen LogP contribution is 2.37. The number of aromatic carboxylic acids is 1. The van der Waals surface area contributed by atoms with Crippen LogP contribution in [0.3, 0.4) is 0 Å². The molecule has 18 heavy (non-hydrogen) atoms. The predicted molar refractivity (Wildman–Crippen MR) is 72.1 cm³/mol. The summed E-state index contributed by atoms with van der Waals surface area (Å²) in [5.74, 6) is 0.0886. The van der Waals surface area contributed by atoms with Gasteiger partial charge in [-0.25, -0.2) is 4.79 Å². The number of nitrogens with zero attached hydrogens (tertiary/aromatic N) is 1. The first-order valence-electron chi connectivity index (χ1n) is 6.79. The maximum atomic E-state index is 11.1. The van der Waals surface area contributed by atoms with Crippen LogP contribution in [0.4, 0.5) is 0 Å². The third-order valence-corrected chi connectivity index (χ3v) is 5.37. The van der Waals surface area contributed by atoms with Crippen molar-refractivity contribution in [3.8, 4) is 0 Å². The minimum Gasteiger partial charge on any atom is -0.477 e. The van der Waals surface area contributed by atoms with Crippen LogP contribution in [-0.2, 0) is 6.54 Å². The Morgan fingerprint density at radius 2 is 2.22 bits per heavy atom. The summed E-state index contributed by atoms with van der Waals surface area (Å²) in [5.41, 5.74) is 1.00. The lowest BCUT2D eigenvalue weighted by Crippen LogP contribution is -2.42. The molecular formula is C14H19NO2S. The van der Waals surface area contributed by atoms with Crippen molar-refractivity contribution in [1.82, 2.24) is 4.90 Å². The van der Waals surface area contributed by atoms with E-state index in [1.165, 1.54) is 43.4 Å². The van der Waals surface area contributed by atoms with Crippen LogP contribution in [0.1, 0.15) is 47.3 Å². The molecule has 1 aromatic rings. The number of carboxylic acids is 1. The van der Waals surface area contributed by atoms with E-state index in [0.717, 1.165) is 24.6 Å². The van der Waals surface area contributed by atoms with Crippen LogP contribution in [0.5, 0.6) is 0 Å². The molecule has 1 aromatic heterocycles. The van der Waals surface area contributed by atoms with Gasteiger partial charge < -0.3 is 5.11 Å². The van der Waals surface area contributed by atoms with E-state index in [2.05, 4.69) is 4.90 Å². The average molecular weight is 265 g/mol. The van der Waals surface area contributed by atoms with E-state index < -0.39 is 5.97 Å². The van der Waals surface area contributed by atoms with Crippen molar-refractivity contribution < 1.29 is 9.90 Å². The van der Waals surface area contributed by atoms with Crippen LogP contribution in [-0.4, -0.2) is 28.6 Å². The lowest BCUT2D eigenvalue weighted by molar-refractivity contribution is 0.0695. The molecule has 2 unspecified atom stereocenters. The summed E-state index contributed by atoms with van der Waals surface area (Å²) in [6, 6.07) is 2.69. The molecule has 0 bridgehead atoms. The highest BCUT2D eigenvalue weighted by molar-refractivity contribution is 7.12. The van der Waals surface area contributed by atoms with E-state index in [0.29, 0.717) is 10.9 Å². The van der Waals surface area contributed by atoms with Crippen molar-refractivity contribution in [3.05, 3.63) is 21.9 Å². The molecule has 1 saturated heterocycles. The number of hydrogen-bond donors (Lipinski definition) is 1. The van der Waals surface area contributed by atoms with E-state index in [1.807, 2.05) is 11.4 Å². The summed E-state index contributed by atoms with van der Waals surface area (Å²) >= 11 is 1.35. The second-order valence-electron chi connectivity index (χ2n) is 5.45.